The minimum absolute atomic E-state index is 0.139. The zero-order valence-electron chi connectivity index (χ0n) is 12.3. The number of rotatable bonds is 9. The maximum Gasteiger partial charge on any atom is 0.323 e. The smallest absolute Gasteiger partial charge is 0.323 e. The molecular formula is C15H21F2NO3. The van der Waals surface area contributed by atoms with Gasteiger partial charge in [-0.3, -0.25) is 4.79 Å². The summed E-state index contributed by atoms with van der Waals surface area (Å²) in [5.74, 6) is -2.12. The van der Waals surface area contributed by atoms with Gasteiger partial charge >= 0.3 is 5.97 Å². The molecule has 1 atom stereocenters. The van der Waals surface area contributed by atoms with Gasteiger partial charge in [0.05, 0.1) is 6.61 Å². The Morgan fingerprint density at radius 2 is 1.90 bits per heavy atom. The highest BCUT2D eigenvalue weighted by molar-refractivity contribution is 5.78. The molecule has 1 aromatic rings. The summed E-state index contributed by atoms with van der Waals surface area (Å²) in [5, 5.41) is 12.1. The molecule has 1 unspecified atom stereocenters. The Labute approximate surface area is 123 Å². The van der Waals surface area contributed by atoms with Gasteiger partial charge in [0, 0.05) is 18.2 Å². The molecule has 118 valence electrons. The Kier molecular flexibility index (Phi) is 6.55. The summed E-state index contributed by atoms with van der Waals surface area (Å²) in [6, 6.07) is 3.01. The molecule has 0 amide bonds. The van der Waals surface area contributed by atoms with Gasteiger partial charge < -0.3 is 15.2 Å². The number of halogens is 2. The number of benzene rings is 1. The van der Waals surface area contributed by atoms with Crippen LogP contribution in [0, 0.1) is 11.6 Å². The molecule has 0 aliphatic rings. The predicted octanol–water partition coefficient (Wildman–Crippen LogP) is 2.97. The number of carboxylic acid groups (broad SMARTS) is 1. The molecule has 0 aliphatic heterocycles. The van der Waals surface area contributed by atoms with Gasteiger partial charge in [-0.05, 0) is 32.7 Å². The number of ether oxygens (including phenoxy) is 1. The first kappa shape index (κ1) is 17.4. The molecule has 1 aromatic carbocycles. The molecule has 0 bridgehead atoms. The summed E-state index contributed by atoms with van der Waals surface area (Å²) in [7, 11) is 0. The third kappa shape index (κ3) is 5.67. The molecule has 4 nitrogen and oxygen atoms in total. The Bertz CT molecular complexity index is 462. The Morgan fingerprint density at radius 3 is 2.43 bits per heavy atom. The topological polar surface area (TPSA) is 58.6 Å². The SMILES string of the molecule is CCNC(C)(CCCCOc1cc(F)cc(F)c1)C(=O)O. The lowest BCUT2D eigenvalue weighted by Gasteiger charge is -2.25. The van der Waals surface area contributed by atoms with Crippen LogP contribution in [-0.4, -0.2) is 29.8 Å². The minimum atomic E-state index is -0.959. The van der Waals surface area contributed by atoms with Crippen molar-refractivity contribution in [3.05, 3.63) is 29.8 Å². The summed E-state index contributed by atoms with van der Waals surface area (Å²) in [4.78, 5) is 11.2. The number of aliphatic carboxylic acids is 1. The van der Waals surface area contributed by atoms with Crippen molar-refractivity contribution in [2.75, 3.05) is 13.2 Å². The summed E-state index contributed by atoms with van der Waals surface area (Å²) < 4.78 is 31.1. The first-order valence-corrected chi connectivity index (χ1v) is 6.94. The van der Waals surface area contributed by atoms with E-state index in [0.29, 0.717) is 25.8 Å². The second-order valence-corrected chi connectivity index (χ2v) is 5.08. The van der Waals surface area contributed by atoms with Crippen LogP contribution in [-0.2, 0) is 4.79 Å². The highest BCUT2D eigenvalue weighted by Crippen LogP contribution is 2.17. The van der Waals surface area contributed by atoms with E-state index >= 15 is 0 Å². The first-order valence-electron chi connectivity index (χ1n) is 6.94. The summed E-state index contributed by atoms with van der Waals surface area (Å²) >= 11 is 0. The van der Waals surface area contributed by atoms with Crippen molar-refractivity contribution < 1.29 is 23.4 Å². The van der Waals surface area contributed by atoms with E-state index in [4.69, 9.17) is 4.74 Å². The summed E-state index contributed by atoms with van der Waals surface area (Å²) in [6.07, 6.45) is 1.69. The second-order valence-electron chi connectivity index (χ2n) is 5.08. The van der Waals surface area contributed by atoms with Crippen molar-refractivity contribution in [2.45, 2.75) is 38.6 Å². The lowest BCUT2D eigenvalue weighted by atomic mass is 9.95. The van der Waals surface area contributed by atoms with Gasteiger partial charge in [-0.2, -0.15) is 0 Å². The highest BCUT2D eigenvalue weighted by atomic mass is 19.1. The van der Waals surface area contributed by atoms with E-state index in [1.54, 1.807) is 6.92 Å². The Morgan fingerprint density at radius 1 is 1.29 bits per heavy atom. The van der Waals surface area contributed by atoms with Crippen LogP contribution in [0.15, 0.2) is 18.2 Å². The van der Waals surface area contributed by atoms with E-state index in [0.717, 1.165) is 18.2 Å². The van der Waals surface area contributed by atoms with Crippen LogP contribution < -0.4 is 10.1 Å². The largest absolute Gasteiger partial charge is 0.493 e. The lowest BCUT2D eigenvalue weighted by molar-refractivity contribution is -0.144. The van der Waals surface area contributed by atoms with E-state index in [1.807, 2.05) is 6.92 Å². The summed E-state index contributed by atoms with van der Waals surface area (Å²) in [5.41, 5.74) is -0.959. The molecule has 0 radical (unpaired) electrons. The minimum Gasteiger partial charge on any atom is -0.493 e. The fourth-order valence-corrected chi connectivity index (χ4v) is 2.04. The van der Waals surface area contributed by atoms with Crippen LogP contribution in [0.25, 0.3) is 0 Å². The van der Waals surface area contributed by atoms with Crippen molar-refractivity contribution in [1.82, 2.24) is 5.32 Å². The quantitative estimate of drug-likeness (QED) is 0.689. The maximum absolute atomic E-state index is 12.9. The van der Waals surface area contributed by atoms with Crippen LogP contribution in [0.5, 0.6) is 5.75 Å². The van der Waals surface area contributed by atoms with Crippen LogP contribution in [0.4, 0.5) is 8.78 Å². The fourth-order valence-electron chi connectivity index (χ4n) is 2.04. The van der Waals surface area contributed by atoms with Crippen LogP contribution >= 0.6 is 0 Å². The van der Waals surface area contributed by atoms with Crippen molar-refractivity contribution in [2.24, 2.45) is 0 Å². The molecule has 2 N–H and O–H groups in total. The molecule has 21 heavy (non-hydrogen) atoms. The second kappa shape index (κ2) is 7.93. The van der Waals surface area contributed by atoms with Gasteiger partial charge in [0.15, 0.2) is 0 Å². The number of likely N-dealkylation sites (N-methyl/N-ethyl adjacent to an activating group) is 1. The number of unbranched alkanes of at least 4 members (excludes halogenated alkanes) is 1. The van der Waals surface area contributed by atoms with Crippen molar-refractivity contribution in [3.8, 4) is 5.75 Å². The molecule has 0 saturated carbocycles. The van der Waals surface area contributed by atoms with Crippen LogP contribution in [0.2, 0.25) is 0 Å². The van der Waals surface area contributed by atoms with Crippen LogP contribution in [0.3, 0.4) is 0 Å². The fraction of sp³-hybridized carbons (Fsp3) is 0.533. The number of nitrogens with one attached hydrogen (secondary N) is 1. The zero-order chi connectivity index (χ0) is 15.9. The predicted molar refractivity (Wildman–Crippen MR) is 75.4 cm³/mol. The van der Waals surface area contributed by atoms with Gasteiger partial charge in [-0.15, -0.1) is 0 Å². The lowest BCUT2D eigenvalue weighted by Crippen LogP contribution is -2.49. The molecular weight excluding hydrogens is 280 g/mol. The van der Waals surface area contributed by atoms with Crippen molar-refractivity contribution in [3.63, 3.8) is 0 Å². The van der Waals surface area contributed by atoms with Crippen molar-refractivity contribution >= 4 is 5.97 Å². The number of hydrogen-bond donors (Lipinski definition) is 2. The van der Waals surface area contributed by atoms with Crippen molar-refractivity contribution in [1.29, 1.82) is 0 Å². The number of carboxylic acids is 1. The standard InChI is InChI=1S/C15H21F2NO3/c1-3-18-15(2,14(19)20)6-4-5-7-21-13-9-11(16)8-12(17)10-13/h8-10,18H,3-7H2,1-2H3,(H,19,20). The molecule has 0 heterocycles. The molecule has 0 aromatic heterocycles. The maximum atomic E-state index is 12.9. The van der Waals surface area contributed by atoms with E-state index < -0.39 is 23.1 Å². The monoisotopic (exact) mass is 301 g/mol. The molecule has 0 spiro atoms. The zero-order valence-corrected chi connectivity index (χ0v) is 12.3. The molecule has 0 saturated heterocycles. The average molecular weight is 301 g/mol. The molecule has 6 heteroatoms. The molecule has 0 aliphatic carbocycles. The van der Waals surface area contributed by atoms with E-state index in [1.165, 1.54) is 0 Å². The van der Waals surface area contributed by atoms with E-state index in [-0.39, 0.29) is 12.4 Å². The average Bonchev–Trinajstić information content (AvgIpc) is 2.37. The normalized spacial score (nSPS) is 13.7. The van der Waals surface area contributed by atoms with Gasteiger partial charge in [-0.25, -0.2) is 8.78 Å². The van der Waals surface area contributed by atoms with Gasteiger partial charge in [0.2, 0.25) is 0 Å². The van der Waals surface area contributed by atoms with Gasteiger partial charge in [0.25, 0.3) is 0 Å². The third-order valence-electron chi connectivity index (χ3n) is 3.21. The number of hydrogen-bond acceptors (Lipinski definition) is 3. The van der Waals surface area contributed by atoms with E-state index in [9.17, 15) is 18.7 Å². The third-order valence-corrected chi connectivity index (χ3v) is 3.21. The highest BCUT2D eigenvalue weighted by Gasteiger charge is 2.30. The molecule has 0 fully saturated rings. The van der Waals surface area contributed by atoms with Crippen LogP contribution in [0.1, 0.15) is 33.1 Å². The Hall–Kier alpha value is -1.69. The van der Waals surface area contributed by atoms with E-state index in [2.05, 4.69) is 5.32 Å². The van der Waals surface area contributed by atoms with Gasteiger partial charge in [-0.1, -0.05) is 6.92 Å². The Balaban J connectivity index is 2.35. The molecule has 1 rings (SSSR count). The summed E-state index contributed by atoms with van der Waals surface area (Å²) in [6.45, 7) is 4.34. The number of carbonyl (C=O) groups is 1. The van der Waals surface area contributed by atoms with Gasteiger partial charge in [0.1, 0.15) is 22.9 Å². The first-order chi connectivity index (χ1) is 9.87.